The van der Waals surface area contributed by atoms with Crippen molar-refractivity contribution in [1.82, 2.24) is 15.0 Å². The Labute approximate surface area is 234 Å². The van der Waals surface area contributed by atoms with Gasteiger partial charge in [0.15, 0.2) is 0 Å². The van der Waals surface area contributed by atoms with Gasteiger partial charge < -0.3 is 14.6 Å². The van der Waals surface area contributed by atoms with Crippen LogP contribution in [0.25, 0.3) is 22.0 Å². The van der Waals surface area contributed by atoms with E-state index < -0.39 is 0 Å². The zero-order valence-electron chi connectivity index (χ0n) is 22.6. The number of H-pyrrole nitrogens is 1. The number of hydrogen-bond donors (Lipinski definition) is 1. The number of ether oxygens (including phenoxy) is 1. The maximum absolute atomic E-state index is 6.06. The maximum atomic E-state index is 6.06. The number of aromatic amines is 1. The van der Waals surface area contributed by atoms with E-state index in [4.69, 9.17) is 14.7 Å². The summed E-state index contributed by atoms with van der Waals surface area (Å²) < 4.78 is 6.06. The van der Waals surface area contributed by atoms with Crippen LogP contribution < -0.4 is 9.64 Å². The third kappa shape index (κ3) is 4.97. The number of rotatable bonds is 6. The third-order valence-corrected chi connectivity index (χ3v) is 7.95. The van der Waals surface area contributed by atoms with E-state index in [0.29, 0.717) is 6.61 Å². The molecule has 7 rings (SSSR count). The summed E-state index contributed by atoms with van der Waals surface area (Å²) in [6.07, 6.45) is 11.4. The number of aliphatic imine (C=N–C) groups is 1. The zero-order chi connectivity index (χ0) is 26.7. The summed E-state index contributed by atoms with van der Waals surface area (Å²) in [6, 6.07) is 23.3. The quantitative estimate of drug-likeness (QED) is 0.259. The molecule has 0 saturated carbocycles. The van der Waals surface area contributed by atoms with Gasteiger partial charge in [0.25, 0.3) is 0 Å². The van der Waals surface area contributed by atoms with Gasteiger partial charge in [0.05, 0.1) is 17.6 Å². The van der Waals surface area contributed by atoms with E-state index in [2.05, 4.69) is 57.3 Å². The van der Waals surface area contributed by atoms with Crippen LogP contribution in [0, 0.1) is 0 Å². The highest BCUT2D eigenvalue weighted by Crippen LogP contribution is 2.32. The van der Waals surface area contributed by atoms with Crippen molar-refractivity contribution in [3.05, 3.63) is 108 Å². The number of nitrogens with one attached hydrogen (secondary N) is 1. The first-order valence-corrected chi connectivity index (χ1v) is 14.3. The average Bonchev–Trinajstić information content (AvgIpc) is 3.34. The minimum atomic E-state index is 0.505. The lowest BCUT2D eigenvalue weighted by molar-refractivity contribution is 0.305. The molecule has 0 aliphatic carbocycles. The van der Waals surface area contributed by atoms with Crippen LogP contribution in [-0.4, -0.2) is 40.3 Å². The molecular weight excluding hydrogens is 494 g/mol. The standard InChI is InChI=1S/C34H33N5O/c1-3-9-24(10-4-1)23-40-27-17-25(20-35-22-27)26-18-29-30(37-21-26)12-8-14-36-34(29)32-19-28-31(38-32)11-7-13-33(28)39-15-5-2-6-16-39/h1,3-4,7,9-11,13,17-22,38H,2,5-6,8,12,14-16,23H2. The molecule has 40 heavy (non-hydrogen) atoms. The molecule has 6 heteroatoms. The highest BCUT2D eigenvalue weighted by Gasteiger charge is 2.21. The van der Waals surface area contributed by atoms with Crippen molar-refractivity contribution in [2.45, 2.75) is 38.7 Å². The summed E-state index contributed by atoms with van der Waals surface area (Å²) in [6.45, 7) is 3.54. The molecule has 1 fully saturated rings. The van der Waals surface area contributed by atoms with Crippen molar-refractivity contribution < 1.29 is 4.74 Å². The lowest BCUT2D eigenvalue weighted by Crippen LogP contribution is -2.29. The van der Waals surface area contributed by atoms with Crippen molar-refractivity contribution in [2.24, 2.45) is 4.99 Å². The topological polar surface area (TPSA) is 66.4 Å². The van der Waals surface area contributed by atoms with E-state index in [9.17, 15) is 0 Å². The smallest absolute Gasteiger partial charge is 0.138 e. The largest absolute Gasteiger partial charge is 0.487 e. The van der Waals surface area contributed by atoms with Gasteiger partial charge in [-0.2, -0.15) is 0 Å². The number of anilines is 1. The second-order valence-electron chi connectivity index (χ2n) is 10.7. The Morgan fingerprint density at radius 3 is 2.60 bits per heavy atom. The number of hydrogen-bond acceptors (Lipinski definition) is 5. The molecule has 2 aliphatic rings. The van der Waals surface area contributed by atoms with Crippen LogP contribution in [0.1, 0.15) is 48.2 Å². The molecule has 3 aromatic heterocycles. The Kier molecular flexibility index (Phi) is 6.74. The Morgan fingerprint density at radius 2 is 1.70 bits per heavy atom. The highest BCUT2D eigenvalue weighted by molar-refractivity contribution is 6.15. The molecule has 1 saturated heterocycles. The second-order valence-corrected chi connectivity index (χ2v) is 10.7. The molecule has 6 nitrogen and oxygen atoms in total. The van der Waals surface area contributed by atoms with Crippen LogP contribution in [0.4, 0.5) is 5.69 Å². The van der Waals surface area contributed by atoms with Crippen molar-refractivity contribution in [2.75, 3.05) is 24.5 Å². The van der Waals surface area contributed by atoms with Crippen LogP contribution in [-0.2, 0) is 13.0 Å². The lowest BCUT2D eigenvalue weighted by Gasteiger charge is -2.29. The molecule has 5 heterocycles. The third-order valence-electron chi connectivity index (χ3n) is 7.95. The van der Waals surface area contributed by atoms with Crippen LogP contribution in [0.5, 0.6) is 5.75 Å². The fraction of sp³-hybridized carbons (Fsp3) is 0.265. The molecule has 1 N–H and O–H groups in total. The zero-order valence-corrected chi connectivity index (χ0v) is 22.6. The number of nitrogens with zero attached hydrogens (tertiary/aromatic N) is 4. The molecule has 2 aromatic carbocycles. The van der Waals surface area contributed by atoms with Crippen LogP contribution >= 0.6 is 0 Å². The van der Waals surface area contributed by atoms with Crippen LogP contribution in [0.15, 0.2) is 90.3 Å². The first kappa shape index (κ1) is 24.6. The average molecular weight is 528 g/mol. The molecule has 200 valence electrons. The molecule has 5 aromatic rings. The van der Waals surface area contributed by atoms with Crippen molar-refractivity contribution >= 4 is 22.3 Å². The van der Waals surface area contributed by atoms with Gasteiger partial charge in [-0.25, -0.2) is 0 Å². The summed E-state index contributed by atoms with van der Waals surface area (Å²) in [4.78, 5) is 20.7. The highest BCUT2D eigenvalue weighted by atomic mass is 16.5. The van der Waals surface area contributed by atoms with Gasteiger partial charge in [-0.3, -0.25) is 15.0 Å². The Bertz CT molecular complexity index is 1670. The normalized spacial score (nSPS) is 15.4. The van der Waals surface area contributed by atoms with E-state index in [0.717, 1.165) is 83.1 Å². The Hall–Kier alpha value is -4.45. The van der Waals surface area contributed by atoms with E-state index in [-0.39, 0.29) is 0 Å². The summed E-state index contributed by atoms with van der Waals surface area (Å²) in [5.74, 6) is 0.742. The first-order chi connectivity index (χ1) is 19.8. The van der Waals surface area contributed by atoms with Gasteiger partial charge in [0, 0.05) is 71.0 Å². The number of aryl methyl sites for hydroxylation is 1. The van der Waals surface area contributed by atoms with Crippen LogP contribution in [0.3, 0.4) is 0 Å². The van der Waals surface area contributed by atoms with Gasteiger partial charge in [0.1, 0.15) is 12.4 Å². The van der Waals surface area contributed by atoms with Gasteiger partial charge in [0.2, 0.25) is 0 Å². The minimum Gasteiger partial charge on any atom is -0.487 e. The Morgan fingerprint density at radius 1 is 0.825 bits per heavy atom. The van der Waals surface area contributed by atoms with Gasteiger partial charge >= 0.3 is 0 Å². The lowest BCUT2D eigenvalue weighted by atomic mass is 9.99. The molecular formula is C34H33N5O. The number of piperidine rings is 1. The molecule has 0 unspecified atom stereocenters. The van der Waals surface area contributed by atoms with Crippen molar-refractivity contribution in [3.8, 4) is 16.9 Å². The number of aromatic nitrogens is 3. The van der Waals surface area contributed by atoms with Crippen molar-refractivity contribution in [3.63, 3.8) is 0 Å². The fourth-order valence-corrected chi connectivity index (χ4v) is 5.88. The SMILES string of the molecule is c1ccc(COc2cncc(-c3cnc4c(c3)C(c3cc5c(N6CCCCC6)cccc5[nH]3)=NCCC4)c2)cc1. The van der Waals surface area contributed by atoms with Crippen molar-refractivity contribution in [1.29, 1.82) is 0 Å². The fourth-order valence-electron chi connectivity index (χ4n) is 5.88. The number of benzene rings is 2. The molecule has 0 atom stereocenters. The monoisotopic (exact) mass is 527 g/mol. The van der Waals surface area contributed by atoms with Gasteiger partial charge in [-0.1, -0.05) is 36.4 Å². The molecule has 0 radical (unpaired) electrons. The summed E-state index contributed by atoms with van der Waals surface area (Å²) in [7, 11) is 0. The van der Waals surface area contributed by atoms with E-state index in [1.807, 2.05) is 36.7 Å². The summed E-state index contributed by atoms with van der Waals surface area (Å²) in [5, 5.41) is 1.27. The van der Waals surface area contributed by atoms with E-state index in [1.54, 1.807) is 6.20 Å². The molecule has 0 amide bonds. The van der Waals surface area contributed by atoms with E-state index >= 15 is 0 Å². The Balaban J connectivity index is 1.22. The summed E-state index contributed by atoms with van der Waals surface area (Å²) >= 11 is 0. The maximum Gasteiger partial charge on any atom is 0.138 e. The van der Waals surface area contributed by atoms with Crippen LogP contribution in [0.2, 0.25) is 0 Å². The first-order valence-electron chi connectivity index (χ1n) is 14.3. The summed E-state index contributed by atoms with van der Waals surface area (Å²) in [5.41, 5.74) is 9.83. The van der Waals surface area contributed by atoms with Gasteiger partial charge in [-0.15, -0.1) is 0 Å². The molecule has 0 bridgehead atoms. The predicted octanol–water partition coefficient (Wildman–Crippen LogP) is 6.98. The molecule has 2 aliphatic heterocycles. The van der Waals surface area contributed by atoms with E-state index in [1.165, 1.54) is 30.3 Å². The minimum absolute atomic E-state index is 0.505. The molecule has 0 spiro atoms. The van der Waals surface area contributed by atoms with Gasteiger partial charge in [-0.05, 0) is 68.0 Å². The second kappa shape index (κ2) is 11.0. The number of fused-ring (bicyclic) bond motifs is 2. The predicted molar refractivity (Wildman–Crippen MR) is 161 cm³/mol. The number of pyridine rings is 2.